The van der Waals surface area contributed by atoms with Gasteiger partial charge in [-0.25, -0.2) is 18.5 Å². The summed E-state index contributed by atoms with van der Waals surface area (Å²) < 4.78 is 24.2. The number of carbonyl (C=O) groups excluding carboxylic acids is 1. The SMILES string of the molecule is Cn1c(SCC(=O)Nc2ccc(S(N)(=O)=O)cc2)nnc1-c1cnccn1. The lowest BCUT2D eigenvalue weighted by Crippen LogP contribution is -2.15. The molecule has 0 bridgehead atoms. The first-order valence-corrected chi connectivity index (χ1v) is 10.1. The Labute approximate surface area is 159 Å². The Bertz CT molecular complexity index is 1050. The Morgan fingerprint density at radius 1 is 1.22 bits per heavy atom. The van der Waals surface area contributed by atoms with Crippen LogP contribution in [0.25, 0.3) is 11.5 Å². The van der Waals surface area contributed by atoms with Gasteiger partial charge in [0.2, 0.25) is 15.9 Å². The minimum absolute atomic E-state index is 0.0227. The molecule has 140 valence electrons. The number of nitrogens with zero attached hydrogens (tertiary/aromatic N) is 5. The van der Waals surface area contributed by atoms with Crippen LogP contribution in [0.2, 0.25) is 0 Å². The van der Waals surface area contributed by atoms with Crippen LogP contribution in [0.5, 0.6) is 0 Å². The van der Waals surface area contributed by atoms with Crippen molar-refractivity contribution in [2.45, 2.75) is 10.1 Å². The molecule has 0 fully saturated rings. The van der Waals surface area contributed by atoms with Crippen LogP contribution in [0.3, 0.4) is 0 Å². The molecular formula is C15H15N7O3S2. The van der Waals surface area contributed by atoms with Crippen molar-refractivity contribution >= 4 is 33.4 Å². The lowest BCUT2D eigenvalue weighted by molar-refractivity contribution is -0.113. The maximum atomic E-state index is 12.1. The smallest absolute Gasteiger partial charge is 0.238 e. The molecule has 1 aromatic carbocycles. The Kier molecular flexibility index (Phi) is 5.48. The van der Waals surface area contributed by atoms with Gasteiger partial charge in [0, 0.05) is 25.1 Å². The van der Waals surface area contributed by atoms with E-state index in [4.69, 9.17) is 5.14 Å². The minimum atomic E-state index is -3.76. The molecule has 0 aliphatic heterocycles. The predicted molar refractivity (Wildman–Crippen MR) is 99.2 cm³/mol. The van der Waals surface area contributed by atoms with Gasteiger partial charge < -0.3 is 9.88 Å². The Balaban J connectivity index is 1.61. The van der Waals surface area contributed by atoms with Crippen LogP contribution < -0.4 is 10.5 Å². The maximum Gasteiger partial charge on any atom is 0.238 e. The van der Waals surface area contributed by atoms with Crippen molar-refractivity contribution in [3.05, 3.63) is 42.9 Å². The zero-order valence-corrected chi connectivity index (χ0v) is 15.7. The summed E-state index contributed by atoms with van der Waals surface area (Å²) in [5.41, 5.74) is 1.05. The number of amides is 1. The number of nitrogens with one attached hydrogen (secondary N) is 1. The molecule has 0 aliphatic carbocycles. The van der Waals surface area contributed by atoms with Crippen LogP contribution in [-0.4, -0.2) is 44.8 Å². The van der Waals surface area contributed by atoms with Gasteiger partial charge in [-0.05, 0) is 24.3 Å². The number of anilines is 1. The van der Waals surface area contributed by atoms with Gasteiger partial charge in [0.05, 0.1) is 16.8 Å². The lowest BCUT2D eigenvalue weighted by Gasteiger charge is -2.06. The van der Waals surface area contributed by atoms with E-state index in [0.29, 0.717) is 22.4 Å². The third kappa shape index (κ3) is 4.67. The van der Waals surface area contributed by atoms with Crippen LogP contribution in [0.4, 0.5) is 5.69 Å². The van der Waals surface area contributed by atoms with E-state index < -0.39 is 10.0 Å². The number of hydrogen-bond acceptors (Lipinski definition) is 8. The number of sulfonamides is 1. The highest BCUT2D eigenvalue weighted by Gasteiger charge is 2.14. The number of rotatable bonds is 6. The van der Waals surface area contributed by atoms with Crippen LogP contribution in [-0.2, 0) is 21.9 Å². The number of nitrogens with two attached hydrogens (primary N) is 1. The molecule has 0 atom stereocenters. The largest absolute Gasteiger partial charge is 0.325 e. The summed E-state index contributed by atoms with van der Waals surface area (Å²) in [6.07, 6.45) is 4.71. The molecule has 1 amide bonds. The van der Waals surface area contributed by atoms with Gasteiger partial charge in [-0.1, -0.05) is 11.8 Å². The number of hydrogen-bond donors (Lipinski definition) is 2. The van der Waals surface area contributed by atoms with Crippen molar-refractivity contribution in [1.82, 2.24) is 24.7 Å². The first-order valence-electron chi connectivity index (χ1n) is 7.56. The maximum absolute atomic E-state index is 12.1. The third-order valence-electron chi connectivity index (χ3n) is 3.43. The highest BCUT2D eigenvalue weighted by Crippen LogP contribution is 2.21. The van der Waals surface area contributed by atoms with E-state index in [1.807, 2.05) is 0 Å². The molecular weight excluding hydrogens is 390 g/mol. The zero-order valence-electron chi connectivity index (χ0n) is 14.1. The average molecular weight is 405 g/mol. The molecule has 2 aromatic heterocycles. The zero-order chi connectivity index (χ0) is 19.4. The van der Waals surface area contributed by atoms with Crippen molar-refractivity contribution < 1.29 is 13.2 Å². The van der Waals surface area contributed by atoms with Crippen molar-refractivity contribution in [2.24, 2.45) is 12.2 Å². The Morgan fingerprint density at radius 3 is 2.59 bits per heavy atom. The van der Waals surface area contributed by atoms with E-state index in [1.54, 1.807) is 30.2 Å². The molecule has 0 saturated heterocycles. The molecule has 3 aromatic rings. The van der Waals surface area contributed by atoms with E-state index in [9.17, 15) is 13.2 Å². The number of benzene rings is 1. The van der Waals surface area contributed by atoms with Crippen molar-refractivity contribution in [3.63, 3.8) is 0 Å². The lowest BCUT2D eigenvalue weighted by atomic mass is 10.3. The molecule has 0 aliphatic rings. The van der Waals surface area contributed by atoms with Crippen LogP contribution in [0.15, 0.2) is 52.9 Å². The van der Waals surface area contributed by atoms with E-state index in [1.165, 1.54) is 36.0 Å². The summed E-state index contributed by atoms with van der Waals surface area (Å²) in [5, 5.41) is 16.4. The number of primary sulfonamides is 1. The summed E-state index contributed by atoms with van der Waals surface area (Å²) in [6, 6.07) is 5.59. The van der Waals surface area contributed by atoms with E-state index in [-0.39, 0.29) is 16.6 Å². The molecule has 3 N–H and O–H groups in total. The van der Waals surface area contributed by atoms with Gasteiger partial charge in [-0.2, -0.15) is 0 Å². The Hall–Kier alpha value is -2.83. The fraction of sp³-hybridized carbons (Fsp3) is 0.133. The van der Waals surface area contributed by atoms with Crippen LogP contribution >= 0.6 is 11.8 Å². The molecule has 0 spiro atoms. The van der Waals surface area contributed by atoms with Gasteiger partial charge in [-0.15, -0.1) is 10.2 Å². The van der Waals surface area contributed by atoms with Crippen molar-refractivity contribution in [3.8, 4) is 11.5 Å². The molecule has 12 heteroatoms. The molecule has 27 heavy (non-hydrogen) atoms. The van der Waals surface area contributed by atoms with Crippen LogP contribution in [0, 0.1) is 0 Å². The second-order valence-electron chi connectivity index (χ2n) is 5.36. The molecule has 10 nitrogen and oxygen atoms in total. The molecule has 2 heterocycles. The average Bonchev–Trinajstić information content (AvgIpc) is 3.01. The minimum Gasteiger partial charge on any atom is -0.325 e. The van der Waals surface area contributed by atoms with Crippen molar-refractivity contribution in [2.75, 3.05) is 11.1 Å². The molecule has 0 saturated carbocycles. The summed E-state index contributed by atoms with van der Waals surface area (Å²) in [6.45, 7) is 0. The van der Waals surface area contributed by atoms with Crippen molar-refractivity contribution in [1.29, 1.82) is 0 Å². The quantitative estimate of drug-likeness (QED) is 0.568. The highest BCUT2D eigenvalue weighted by atomic mass is 32.2. The standard InChI is InChI=1S/C15H15N7O3S2/c1-22-14(12-8-17-6-7-18-12)20-21-15(22)26-9-13(23)19-10-2-4-11(5-3-10)27(16,24)25/h2-8H,9H2,1H3,(H,19,23)(H2,16,24,25). The van der Waals surface area contributed by atoms with Gasteiger partial charge in [-0.3, -0.25) is 9.78 Å². The first kappa shape index (κ1) is 18.9. The number of carbonyl (C=O) groups is 1. The first-order chi connectivity index (χ1) is 12.8. The molecule has 0 radical (unpaired) electrons. The van der Waals surface area contributed by atoms with Gasteiger partial charge >= 0.3 is 0 Å². The fourth-order valence-corrected chi connectivity index (χ4v) is 3.36. The normalized spacial score (nSPS) is 11.3. The predicted octanol–water partition coefficient (Wildman–Crippen LogP) is 0.650. The summed E-state index contributed by atoms with van der Waals surface area (Å²) in [7, 11) is -1.99. The van der Waals surface area contributed by atoms with E-state index in [2.05, 4.69) is 25.5 Å². The number of thioether (sulfide) groups is 1. The topological polar surface area (TPSA) is 146 Å². The molecule has 3 rings (SSSR count). The third-order valence-corrected chi connectivity index (χ3v) is 5.38. The fourth-order valence-electron chi connectivity index (χ4n) is 2.13. The van der Waals surface area contributed by atoms with E-state index >= 15 is 0 Å². The summed E-state index contributed by atoms with van der Waals surface area (Å²) in [4.78, 5) is 20.2. The van der Waals surface area contributed by atoms with Crippen LogP contribution in [0.1, 0.15) is 0 Å². The number of aromatic nitrogens is 5. The van der Waals surface area contributed by atoms with Gasteiger partial charge in [0.25, 0.3) is 0 Å². The summed E-state index contributed by atoms with van der Waals surface area (Å²) in [5.74, 6) is 0.376. The highest BCUT2D eigenvalue weighted by molar-refractivity contribution is 7.99. The second kappa shape index (κ2) is 7.82. The van der Waals surface area contributed by atoms with Gasteiger partial charge in [0.15, 0.2) is 11.0 Å². The van der Waals surface area contributed by atoms with Gasteiger partial charge in [0.1, 0.15) is 5.69 Å². The monoisotopic (exact) mass is 405 g/mol. The molecule has 0 unspecified atom stereocenters. The van der Waals surface area contributed by atoms with E-state index in [0.717, 1.165) is 0 Å². The Morgan fingerprint density at radius 2 is 1.96 bits per heavy atom. The second-order valence-corrected chi connectivity index (χ2v) is 7.87. The summed E-state index contributed by atoms with van der Waals surface area (Å²) >= 11 is 1.21.